The van der Waals surface area contributed by atoms with Gasteiger partial charge in [-0.3, -0.25) is 4.79 Å². The van der Waals surface area contributed by atoms with Crippen molar-refractivity contribution in [2.75, 3.05) is 56.0 Å². The number of carbonyl (C=O) groups excluding carboxylic acids is 1. The molecule has 0 atom stereocenters. The van der Waals surface area contributed by atoms with Crippen LogP contribution in [0, 0.1) is 12.8 Å². The Morgan fingerprint density at radius 1 is 0.971 bits per heavy atom. The van der Waals surface area contributed by atoms with Crippen molar-refractivity contribution in [3.63, 3.8) is 0 Å². The third-order valence-electron chi connectivity index (χ3n) is 7.14. The molecule has 34 heavy (non-hydrogen) atoms. The van der Waals surface area contributed by atoms with Crippen LogP contribution in [0.15, 0.2) is 47.4 Å². The van der Waals surface area contributed by atoms with Crippen LogP contribution in [0.25, 0.3) is 0 Å². The number of aryl methyl sites for hydroxylation is 1. The largest absolute Gasteiger partial charge is 0.369 e. The van der Waals surface area contributed by atoms with Crippen LogP contribution >= 0.6 is 0 Å². The van der Waals surface area contributed by atoms with Crippen molar-refractivity contribution in [1.29, 1.82) is 0 Å². The number of rotatable bonds is 6. The molecule has 0 aliphatic carbocycles. The first-order chi connectivity index (χ1) is 16.3. The molecule has 2 fully saturated rings. The maximum Gasteiger partial charge on any atom is 0.255 e. The van der Waals surface area contributed by atoms with Gasteiger partial charge < -0.3 is 15.1 Å². The monoisotopic (exact) mass is 484 g/mol. The van der Waals surface area contributed by atoms with E-state index < -0.39 is 10.0 Å². The fourth-order valence-electron chi connectivity index (χ4n) is 4.65. The van der Waals surface area contributed by atoms with E-state index in [1.807, 2.05) is 13.0 Å². The fourth-order valence-corrected chi connectivity index (χ4v) is 6.12. The molecule has 2 aromatic rings. The van der Waals surface area contributed by atoms with E-state index in [0.717, 1.165) is 56.8 Å². The zero-order valence-electron chi connectivity index (χ0n) is 20.5. The minimum atomic E-state index is -3.52. The summed E-state index contributed by atoms with van der Waals surface area (Å²) in [5.41, 5.74) is 3.38. The van der Waals surface area contributed by atoms with Gasteiger partial charge in [-0.1, -0.05) is 13.8 Å². The Labute approximate surface area is 203 Å². The molecular formula is C26H36N4O3S. The highest BCUT2D eigenvalue weighted by molar-refractivity contribution is 7.89. The summed E-state index contributed by atoms with van der Waals surface area (Å²) in [4.78, 5) is 17.9. The van der Waals surface area contributed by atoms with Gasteiger partial charge in [0.1, 0.15) is 0 Å². The molecule has 2 aliphatic heterocycles. The lowest BCUT2D eigenvalue weighted by atomic mass is 10.0. The Balaban J connectivity index is 1.40. The molecule has 0 bridgehead atoms. The summed E-state index contributed by atoms with van der Waals surface area (Å²) in [6.45, 7) is 12.7. The average Bonchev–Trinajstić information content (AvgIpc) is 2.85. The Kier molecular flexibility index (Phi) is 7.60. The van der Waals surface area contributed by atoms with Gasteiger partial charge in [-0.2, -0.15) is 4.31 Å². The zero-order valence-corrected chi connectivity index (χ0v) is 21.3. The molecule has 1 N–H and O–H groups in total. The predicted molar refractivity (Wildman–Crippen MR) is 137 cm³/mol. The Morgan fingerprint density at radius 2 is 1.62 bits per heavy atom. The van der Waals surface area contributed by atoms with E-state index >= 15 is 0 Å². The van der Waals surface area contributed by atoms with Crippen LogP contribution in [0.2, 0.25) is 0 Å². The van der Waals surface area contributed by atoms with E-state index in [9.17, 15) is 13.2 Å². The standard InChI is InChI=1S/C26H36N4O3S/c1-4-28-15-17-29(18-16-28)23-7-10-25(21(3)19-23)27-26(31)22-5-8-24(9-6-22)34(32,33)30-13-11-20(2)12-14-30/h5-10,19-20H,4,11-18H2,1-3H3,(H,27,31). The summed E-state index contributed by atoms with van der Waals surface area (Å²) in [5.74, 6) is 0.310. The Bertz CT molecular complexity index is 1100. The van der Waals surface area contributed by atoms with Gasteiger partial charge in [0.2, 0.25) is 10.0 Å². The molecule has 0 saturated carbocycles. The van der Waals surface area contributed by atoms with E-state index in [0.29, 0.717) is 24.6 Å². The molecule has 8 heteroatoms. The molecule has 4 rings (SSSR count). The quantitative estimate of drug-likeness (QED) is 0.675. The van der Waals surface area contributed by atoms with E-state index in [1.165, 1.54) is 17.8 Å². The number of sulfonamides is 1. The summed E-state index contributed by atoms with van der Waals surface area (Å²) in [6.07, 6.45) is 1.76. The second-order valence-electron chi connectivity index (χ2n) is 9.49. The van der Waals surface area contributed by atoms with Crippen molar-refractivity contribution in [3.8, 4) is 0 Å². The van der Waals surface area contributed by atoms with Crippen LogP contribution in [0.1, 0.15) is 42.6 Å². The molecule has 1 amide bonds. The molecule has 0 radical (unpaired) electrons. The van der Waals surface area contributed by atoms with E-state index in [-0.39, 0.29) is 10.8 Å². The number of anilines is 2. The van der Waals surface area contributed by atoms with E-state index in [2.05, 4.69) is 41.1 Å². The van der Waals surface area contributed by atoms with Gasteiger partial charge in [0.25, 0.3) is 5.91 Å². The van der Waals surface area contributed by atoms with Gasteiger partial charge in [-0.25, -0.2) is 8.42 Å². The summed E-state index contributed by atoms with van der Waals surface area (Å²) in [5, 5.41) is 2.97. The first-order valence-electron chi connectivity index (χ1n) is 12.3. The topological polar surface area (TPSA) is 73.0 Å². The summed E-state index contributed by atoms with van der Waals surface area (Å²) < 4.78 is 27.4. The van der Waals surface area contributed by atoms with Gasteiger partial charge in [0, 0.05) is 56.2 Å². The third kappa shape index (κ3) is 5.45. The summed E-state index contributed by atoms with van der Waals surface area (Å²) >= 11 is 0. The van der Waals surface area contributed by atoms with Gasteiger partial charge in [-0.15, -0.1) is 0 Å². The number of hydrogen-bond acceptors (Lipinski definition) is 5. The first kappa shape index (κ1) is 24.7. The number of hydrogen-bond donors (Lipinski definition) is 1. The Morgan fingerprint density at radius 3 is 2.21 bits per heavy atom. The highest BCUT2D eigenvalue weighted by Crippen LogP contribution is 2.26. The van der Waals surface area contributed by atoms with Crippen LogP contribution < -0.4 is 10.2 Å². The molecule has 0 aromatic heterocycles. The molecule has 7 nitrogen and oxygen atoms in total. The first-order valence-corrected chi connectivity index (χ1v) is 13.7. The number of nitrogens with one attached hydrogen (secondary N) is 1. The van der Waals surface area contributed by atoms with Crippen molar-refractivity contribution in [3.05, 3.63) is 53.6 Å². The van der Waals surface area contributed by atoms with Gasteiger partial charge in [0.15, 0.2) is 0 Å². The van der Waals surface area contributed by atoms with Crippen LogP contribution in [0.4, 0.5) is 11.4 Å². The molecule has 0 unspecified atom stereocenters. The normalized spacial score (nSPS) is 18.7. The molecule has 2 saturated heterocycles. The lowest BCUT2D eigenvalue weighted by Gasteiger charge is -2.35. The predicted octanol–water partition coefficient (Wildman–Crippen LogP) is 3.81. The molecule has 2 aliphatic rings. The van der Waals surface area contributed by atoms with Crippen molar-refractivity contribution in [1.82, 2.24) is 9.21 Å². The van der Waals surface area contributed by atoms with Gasteiger partial charge >= 0.3 is 0 Å². The maximum absolute atomic E-state index is 12.9. The second kappa shape index (κ2) is 10.5. The smallest absolute Gasteiger partial charge is 0.255 e. The van der Waals surface area contributed by atoms with Gasteiger partial charge in [0.05, 0.1) is 4.90 Å². The molecule has 184 valence electrons. The lowest BCUT2D eigenvalue weighted by Crippen LogP contribution is -2.46. The zero-order chi connectivity index (χ0) is 24.3. The molecule has 2 aromatic carbocycles. The van der Waals surface area contributed by atoms with E-state index in [4.69, 9.17) is 0 Å². The number of carbonyl (C=O) groups is 1. The van der Waals surface area contributed by atoms with Crippen molar-refractivity contribution in [2.45, 2.75) is 38.5 Å². The summed E-state index contributed by atoms with van der Waals surface area (Å²) in [7, 11) is -3.52. The van der Waals surface area contributed by atoms with Crippen molar-refractivity contribution >= 4 is 27.3 Å². The lowest BCUT2D eigenvalue weighted by molar-refractivity contribution is 0.102. The molecular weight excluding hydrogens is 448 g/mol. The fraction of sp³-hybridized carbons (Fsp3) is 0.500. The van der Waals surface area contributed by atoms with Crippen molar-refractivity contribution < 1.29 is 13.2 Å². The summed E-state index contributed by atoms with van der Waals surface area (Å²) in [6, 6.07) is 12.4. The number of nitrogens with zero attached hydrogens (tertiary/aromatic N) is 3. The molecule has 2 heterocycles. The highest BCUT2D eigenvalue weighted by atomic mass is 32.2. The highest BCUT2D eigenvalue weighted by Gasteiger charge is 2.28. The SMILES string of the molecule is CCN1CCN(c2ccc(NC(=O)c3ccc(S(=O)(=O)N4CCC(C)CC4)cc3)c(C)c2)CC1. The number of benzene rings is 2. The average molecular weight is 485 g/mol. The Hall–Kier alpha value is -2.42. The van der Waals surface area contributed by atoms with Crippen LogP contribution in [-0.2, 0) is 10.0 Å². The molecule has 0 spiro atoms. The number of amides is 1. The van der Waals surface area contributed by atoms with Gasteiger partial charge in [-0.05, 0) is 80.3 Å². The van der Waals surface area contributed by atoms with E-state index in [1.54, 1.807) is 16.4 Å². The van der Waals surface area contributed by atoms with Crippen LogP contribution in [-0.4, -0.2) is 69.3 Å². The number of piperazine rings is 1. The minimum Gasteiger partial charge on any atom is -0.369 e. The number of piperidine rings is 1. The minimum absolute atomic E-state index is 0.238. The van der Waals surface area contributed by atoms with Crippen LogP contribution in [0.3, 0.4) is 0 Å². The number of likely N-dealkylation sites (N-methyl/N-ethyl adjacent to an activating group) is 1. The third-order valence-corrected chi connectivity index (χ3v) is 9.05. The van der Waals surface area contributed by atoms with Crippen molar-refractivity contribution in [2.24, 2.45) is 5.92 Å². The maximum atomic E-state index is 12.9. The second-order valence-corrected chi connectivity index (χ2v) is 11.4. The van der Waals surface area contributed by atoms with Crippen LogP contribution in [0.5, 0.6) is 0 Å².